The summed E-state index contributed by atoms with van der Waals surface area (Å²) >= 11 is 0. The highest BCUT2D eigenvalue weighted by Gasteiger charge is 2.23. The van der Waals surface area contributed by atoms with Crippen LogP contribution in [0.25, 0.3) is 0 Å². The van der Waals surface area contributed by atoms with E-state index in [4.69, 9.17) is 37.9 Å². The molecule has 0 saturated carbocycles. The number of nitrogens with zero attached hydrogens (tertiary/aromatic N) is 4. The van der Waals surface area contributed by atoms with Crippen molar-refractivity contribution < 1.29 is 57.6 Å². The Labute approximate surface area is 458 Å². The Morgan fingerprint density at radius 2 is 0.412 bits per heavy atom. The highest BCUT2D eigenvalue weighted by molar-refractivity contribution is 5.56. The summed E-state index contributed by atoms with van der Waals surface area (Å²) in [6.45, 7) is 0.937. The Morgan fingerprint density at radius 3 is 0.575 bits per heavy atom. The van der Waals surface area contributed by atoms with Crippen molar-refractivity contribution in [3.8, 4) is 46.0 Å². The first-order chi connectivity index (χ1) is 38.9. The fourth-order valence-corrected chi connectivity index (χ4v) is 9.10. The van der Waals surface area contributed by atoms with Crippen LogP contribution in [0.4, 0.5) is 22.7 Å². The molecule has 0 atom stereocenters. The Hall–Kier alpha value is -10.2. The lowest BCUT2D eigenvalue weighted by Crippen LogP contribution is -2.15. The van der Waals surface area contributed by atoms with Gasteiger partial charge in [-0.2, -0.15) is 0 Å². The molecule has 0 N–H and O–H groups in total. The third-order valence-electron chi connectivity index (χ3n) is 12.8. The molecule has 0 aliphatic heterocycles. The van der Waals surface area contributed by atoms with Gasteiger partial charge in [0.15, 0.2) is 0 Å². The molecule has 1 aliphatic carbocycles. The molecule has 0 unspecified atom stereocenters. The minimum atomic E-state index is -0.475. The molecule has 0 saturated heterocycles. The number of fused-ring (bicyclic) bond motifs is 8. The first kappa shape index (κ1) is 54.5. The second kappa shape index (κ2) is 26.2. The van der Waals surface area contributed by atoms with Gasteiger partial charge in [-0.1, -0.05) is 72.8 Å². The minimum Gasteiger partial charge on any atom is -0.490 e. The van der Waals surface area contributed by atoms with E-state index in [1.807, 2.05) is 72.8 Å². The number of hydrogen-bond donors (Lipinski definition) is 0. The summed E-state index contributed by atoms with van der Waals surface area (Å²) in [6.07, 6.45) is 1.41. The molecule has 0 amide bonds. The van der Waals surface area contributed by atoms with E-state index in [2.05, 4.69) is 0 Å². The van der Waals surface area contributed by atoms with E-state index in [1.54, 1.807) is 0 Å². The summed E-state index contributed by atoms with van der Waals surface area (Å²) in [5, 5.41) is 45.2. The number of benzene rings is 8. The molecule has 408 valence electrons. The van der Waals surface area contributed by atoms with Crippen LogP contribution in [0.2, 0.25) is 0 Å². The number of hydrogen-bond acceptors (Lipinski definition) is 16. The van der Waals surface area contributed by atoms with Crippen LogP contribution in [0.3, 0.4) is 0 Å². The standard InChI is InChI=1S/C60H52N4O16/c65-61(66)49-13-21-53(22-14-49)73-29-33-77-57-41-5-1-6-42(57)38-44-8-3-10-46(59(44)79-35-31-75-55-25-17-51(18-26-55)63(69)70)40-48-12-4-11-47(60(48)80-36-32-76-56-27-19-52(20-28-56)64(71)72)39-45-9-2-7-43(37-41)58(45)78-34-30-74-54-23-15-50(16-24-54)62(67)68/h1-28H,29-40H2. The third kappa shape index (κ3) is 14.2. The van der Waals surface area contributed by atoms with Crippen molar-refractivity contribution in [3.05, 3.63) is 255 Å². The van der Waals surface area contributed by atoms with Gasteiger partial charge in [0.05, 0.1) is 19.7 Å². The van der Waals surface area contributed by atoms with Crippen molar-refractivity contribution in [1.82, 2.24) is 0 Å². The molecule has 0 spiro atoms. The highest BCUT2D eigenvalue weighted by atomic mass is 16.6. The van der Waals surface area contributed by atoms with Crippen molar-refractivity contribution in [1.29, 1.82) is 0 Å². The molecule has 20 nitrogen and oxygen atoms in total. The SMILES string of the molecule is O=[N+]([O-])c1ccc(OCCOc2c3cccc2Cc2cccc(c2OCCOc2ccc([N+](=O)[O-])cc2)Cc2cccc(c2OCCOc2ccc([N+](=O)[O-])cc2)Cc2cccc(c2OCCOc2ccc([N+](=O)[O-])cc2)C3)cc1. The molecule has 9 rings (SSSR count). The summed E-state index contributed by atoms with van der Waals surface area (Å²) in [7, 11) is 0. The van der Waals surface area contributed by atoms with Gasteiger partial charge in [0.2, 0.25) is 0 Å². The fraction of sp³-hybridized carbons (Fsp3) is 0.200. The van der Waals surface area contributed by atoms with Gasteiger partial charge in [-0.25, -0.2) is 0 Å². The molecule has 0 radical (unpaired) electrons. The van der Waals surface area contributed by atoms with E-state index < -0.39 is 19.7 Å². The quantitative estimate of drug-likeness (QED) is 0.0310. The van der Waals surface area contributed by atoms with Gasteiger partial charge in [0, 0.05) is 74.2 Å². The van der Waals surface area contributed by atoms with Crippen molar-refractivity contribution in [2.75, 3.05) is 52.9 Å². The molecule has 80 heavy (non-hydrogen) atoms. The van der Waals surface area contributed by atoms with E-state index in [0.717, 1.165) is 44.5 Å². The summed E-state index contributed by atoms with van der Waals surface area (Å²) < 4.78 is 50.8. The van der Waals surface area contributed by atoms with Crippen LogP contribution in [0.1, 0.15) is 44.5 Å². The average Bonchev–Trinajstić information content (AvgIpc) is 3.47. The monoisotopic (exact) mass is 1080 g/mol. The van der Waals surface area contributed by atoms with E-state index in [0.29, 0.717) is 71.7 Å². The summed E-state index contributed by atoms with van der Waals surface area (Å²) in [4.78, 5) is 43.3. The third-order valence-corrected chi connectivity index (χ3v) is 12.8. The summed E-state index contributed by atoms with van der Waals surface area (Å²) in [5.41, 5.74) is 6.46. The normalized spacial score (nSPS) is 11.6. The van der Waals surface area contributed by atoms with E-state index in [9.17, 15) is 40.5 Å². The zero-order valence-corrected chi connectivity index (χ0v) is 43.0. The van der Waals surface area contributed by atoms with E-state index in [-0.39, 0.29) is 75.6 Å². The Kier molecular flexibility index (Phi) is 17.9. The van der Waals surface area contributed by atoms with Crippen LogP contribution >= 0.6 is 0 Å². The van der Waals surface area contributed by atoms with E-state index >= 15 is 0 Å². The Bertz CT molecular complexity index is 2930. The van der Waals surface area contributed by atoms with Crippen LogP contribution < -0.4 is 37.9 Å². The van der Waals surface area contributed by atoms with Crippen LogP contribution in [-0.2, 0) is 25.7 Å². The molecule has 8 bridgehead atoms. The van der Waals surface area contributed by atoms with Crippen molar-refractivity contribution in [2.45, 2.75) is 25.7 Å². The van der Waals surface area contributed by atoms with Crippen molar-refractivity contribution in [3.63, 3.8) is 0 Å². The van der Waals surface area contributed by atoms with Crippen LogP contribution in [0.5, 0.6) is 46.0 Å². The average molecular weight is 1090 g/mol. The molecular formula is C60H52N4O16. The topological polar surface area (TPSA) is 246 Å². The number of nitro benzene ring substituents is 4. The largest absolute Gasteiger partial charge is 0.490 e. The lowest BCUT2D eigenvalue weighted by atomic mass is 9.91. The van der Waals surface area contributed by atoms with Gasteiger partial charge in [0.25, 0.3) is 22.7 Å². The van der Waals surface area contributed by atoms with Gasteiger partial charge in [-0.3, -0.25) is 40.5 Å². The number of ether oxygens (including phenoxy) is 8. The molecule has 8 aromatic rings. The first-order valence-corrected chi connectivity index (χ1v) is 25.4. The maximum Gasteiger partial charge on any atom is 0.269 e. The second-order valence-electron chi connectivity index (χ2n) is 18.1. The molecule has 20 heteroatoms. The zero-order chi connectivity index (χ0) is 55.8. The number of para-hydroxylation sites is 4. The smallest absolute Gasteiger partial charge is 0.269 e. The van der Waals surface area contributed by atoms with Crippen molar-refractivity contribution in [2.24, 2.45) is 0 Å². The first-order valence-electron chi connectivity index (χ1n) is 25.4. The molecular weight excluding hydrogens is 1030 g/mol. The van der Waals surface area contributed by atoms with Crippen molar-refractivity contribution >= 4 is 22.7 Å². The maximum absolute atomic E-state index is 11.3. The highest BCUT2D eigenvalue weighted by Crippen LogP contribution is 2.39. The molecule has 0 aromatic heterocycles. The Balaban J connectivity index is 1.07. The van der Waals surface area contributed by atoms with Crippen LogP contribution in [0, 0.1) is 40.5 Å². The molecule has 1 aliphatic rings. The minimum absolute atomic E-state index is 0.0576. The Morgan fingerprint density at radius 1 is 0.250 bits per heavy atom. The van der Waals surface area contributed by atoms with Gasteiger partial charge in [-0.05, 0) is 93.0 Å². The van der Waals surface area contributed by atoms with Gasteiger partial charge in [0.1, 0.15) is 98.9 Å². The van der Waals surface area contributed by atoms with Crippen LogP contribution in [-0.4, -0.2) is 72.5 Å². The van der Waals surface area contributed by atoms with Gasteiger partial charge < -0.3 is 37.9 Å². The van der Waals surface area contributed by atoms with E-state index in [1.165, 1.54) is 97.1 Å². The molecule has 8 aromatic carbocycles. The molecule has 0 heterocycles. The fourth-order valence-electron chi connectivity index (χ4n) is 9.10. The van der Waals surface area contributed by atoms with Crippen LogP contribution in [0.15, 0.2) is 170 Å². The van der Waals surface area contributed by atoms with Gasteiger partial charge in [-0.15, -0.1) is 0 Å². The number of rotatable bonds is 24. The maximum atomic E-state index is 11.3. The predicted molar refractivity (Wildman–Crippen MR) is 293 cm³/mol. The predicted octanol–water partition coefficient (Wildman–Crippen LogP) is 11.8. The molecule has 0 fully saturated rings. The van der Waals surface area contributed by atoms with Gasteiger partial charge >= 0.3 is 0 Å². The lowest BCUT2D eigenvalue weighted by Gasteiger charge is -2.23. The number of nitro groups is 4. The zero-order valence-electron chi connectivity index (χ0n) is 43.0. The number of non-ortho nitro benzene ring substituents is 4. The summed E-state index contributed by atoms with van der Waals surface area (Å²) in [5.74, 6) is 4.20. The second-order valence-corrected chi connectivity index (χ2v) is 18.1. The lowest BCUT2D eigenvalue weighted by molar-refractivity contribution is -0.385. The summed E-state index contributed by atoms with van der Waals surface area (Å²) in [6, 6.07) is 47.1.